The highest BCUT2D eigenvalue weighted by Gasteiger charge is 2.24. The fourth-order valence-electron chi connectivity index (χ4n) is 5.29. The number of nitrogens with one attached hydrogen (secondary N) is 2. The molecule has 0 radical (unpaired) electrons. The Morgan fingerprint density at radius 3 is 2.37 bits per heavy atom. The molecule has 0 aliphatic carbocycles. The molecule has 0 bridgehead atoms. The average Bonchev–Trinajstić information content (AvgIpc) is 2.96. The summed E-state index contributed by atoms with van der Waals surface area (Å²) in [6.07, 6.45) is 4.93. The second kappa shape index (κ2) is 17.5. The summed E-state index contributed by atoms with van der Waals surface area (Å²) in [7, 11) is 0. The van der Waals surface area contributed by atoms with Crippen LogP contribution in [0.3, 0.4) is 0 Å². The molecule has 0 saturated heterocycles. The Morgan fingerprint density at radius 1 is 0.953 bits per heavy atom. The Labute approximate surface area is 259 Å². The summed E-state index contributed by atoms with van der Waals surface area (Å²) >= 11 is 1.55. The van der Waals surface area contributed by atoms with Crippen LogP contribution in [-0.2, 0) is 27.3 Å². The van der Waals surface area contributed by atoms with Gasteiger partial charge in [0.15, 0.2) is 0 Å². The van der Waals surface area contributed by atoms with E-state index in [1.165, 1.54) is 0 Å². The summed E-state index contributed by atoms with van der Waals surface area (Å²) in [6, 6.07) is 20.9. The number of aliphatic carboxylic acids is 1. The maximum absolute atomic E-state index is 13.2. The minimum absolute atomic E-state index is 0.0151. The quantitative estimate of drug-likeness (QED) is 0.149. The first kappa shape index (κ1) is 33.9. The van der Waals surface area contributed by atoms with E-state index >= 15 is 0 Å². The number of carbonyl (C=O) groups excluding carboxylic acids is 2. The van der Waals surface area contributed by atoms with Crippen LogP contribution < -0.4 is 16.4 Å². The highest BCUT2D eigenvalue weighted by atomic mass is 32.2. The van der Waals surface area contributed by atoms with Crippen LogP contribution in [0.5, 0.6) is 0 Å². The van der Waals surface area contributed by atoms with E-state index in [9.17, 15) is 19.5 Å². The smallest absolute Gasteiger partial charge is 0.326 e. The lowest BCUT2D eigenvalue weighted by Crippen LogP contribution is -2.49. The van der Waals surface area contributed by atoms with E-state index in [0.29, 0.717) is 37.6 Å². The van der Waals surface area contributed by atoms with Crippen molar-refractivity contribution >= 4 is 46.0 Å². The monoisotopic (exact) mass is 606 g/mol. The number of rotatable bonds is 18. The fourth-order valence-corrected chi connectivity index (χ4v) is 5.76. The Balaban J connectivity index is 1.73. The molecule has 2 atom stereocenters. The highest BCUT2D eigenvalue weighted by Crippen LogP contribution is 2.21. The number of carboxylic acids is 1. The molecular formula is C34H46N4O4S. The number of nitrogens with zero attached hydrogens (tertiary/aromatic N) is 1. The third-order valence-electron chi connectivity index (χ3n) is 7.33. The maximum atomic E-state index is 13.2. The van der Waals surface area contributed by atoms with E-state index in [4.69, 9.17) is 5.73 Å². The molecule has 3 rings (SSSR count). The molecule has 0 fully saturated rings. The van der Waals surface area contributed by atoms with E-state index in [-0.39, 0.29) is 24.4 Å². The molecule has 0 spiro atoms. The zero-order chi connectivity index (χ0) is 31.2. The van der Waals surface area contributed by atoms with Crippen LogP contribution in [0.2, 0.25) is 0 Å². The van der Waals surface area contributed by atoms with E-state index in [1.807, 2.05) is 53.6 Å². The van der Waals surface area contributed by atoms with E-state index < -0.39 is 12.0 Å². The second-order valence-corrected chi connectivity index (χ2v) is 12.5. The molecule has 43 heavy (non-hydrogen) atoms. The van der Waals surface area contributed by atoms with E-state index in [2.05, 4.69) is 48.7 Å². The zero-order valence-electron chi connectivity index (χ0n) is 25.6. The van der Waals surface area contributed by atoms with Gasteiger partial charge in [-0.1, -0.05) is 68.4 Å². The molecule has 0 saturated carbocycles. The number of nitrogens with two attached hydrogens (primary N) is 1. The maximum Gasteiger partial charge on any atom is 0.326 e. The molecular weight excluding hydrogens is 560 g/mol. The largest absolute Gasteiger partial charge is 0.480 e. The highest BCUT2D eigenvalue weighted by molar-refractivity contribution is 7.98. The molecule has 232 valence electrons. The Hall–Kier alpha value is -3.56. The number of carbonyl (C=O) groups is 3. The predicted octanol–water partition coefficient (Wildman–Crippen LogP) is 5.10. The third-order valence-corrected chi connectivity index (χ3v) is 7.98. The summed E-state index contributed by atoms with van der Waals surface area (Å²) in [6.45, 7) is 5.20. The molecule has 3 aromatic carbocycles. The van der Waals surface area contributed by atoms with Crippen LogP contribution in [0, 0.1) is 5.92 Å². The molecule has 0 heterocycles. The van der Waals surface area contributed by atoms with Crippen molar-refractivity contribution in [2.24, 2.45) is 5.92 Å². The number of hydrogen-bond donors (Lipinski definition) is 4. The normalized spacial score (nSPS) is 12.8. The van der Waals surface area contributed by atoms with Crippen molar-refractivity contribution < 1.29 is 19.5 Å². The number of benzene rings is 3. The molecule has 0 aliphatic rings. The predicted molar refractivity (Wildman–Crippen MR) is 177 cm³/mol. The minimum atomic E-state index is -1.04. The van der Waals surface area contributed by atoms with Crippen molar-refractivity contribution in [3.8, 4) is 0 Å². The molecule has 8 nitrogen and oxygen atoms in total. The SMILES string of the molecule is CSCCC(NC(=O)CN(Cc1cccc2ccccc12)CC(CC(C)C)NC(=O)CCCc1ccc(N)cc1)C(=O)O. The first-order valence-electron chi connectivity index (χ1n) is 15.0. The number of fused-ring (bicyclic) bond motifs is 1. The lowest BCUT2D eigenvalue weighted by molar-refractivity contribution is -0.142. The van der Waals surface area contributed by atoms with Crippen LogP contribution in [-0.4, -0.2) is 65.0 Å². The average molecular weight is 607 g/mol. The zero-order valence-corrected chi connectivity index (χ0v) is 26.4. The molecule has 2 unspecified atom stereocenters. The first-order valence-corrected chi connectivity index (χ1v) is 16.4. The van der Waals surface area contributed by atoms with Crippen molar-refractivity contribution in [2.45, 2.75) is 64.6 Å². The molecule has 0 aromatic heterocycles. The van der Waals surface area contributed by atoms with Gasteiger partial charge in [-0.05, 0) is 77.6 Å². The van der Waals surface area contributed by atoms with Gasteiger partial charge in [0, 0.05) is 31.2 Å². The van der Waals surface area contributed by atoms with Gasteiger partial charge >= 0.3 is 5.97 Å². The second-order valence-electron chi connectivity index (χ2n) is 11.5. The number of aryl methyl sites for hydroxylation is 1. The van der Waals surface area contributed by atoms with Crippen molar-refractivity contribution in [2.75, 3.05) is 30.8 Å². The van der Waals surface area contributed by atoms with Gasteiger partial charge in [0.25, 0.3) is 0 Å². The van der Waals surface area contributed by atoms with Crippen molar-refractivity contribution in [3.63, 3.8) is 0 Å². The number of thioether (sulfide) groups is 1. The van der Waals surface area contributed by atoms with Gasteiger partial charge in [-0.2, -0.15) is 11.8 Å². The van der Waals surface area contributed by atoms with E-state index in [1.54, 1.807) is 11.8 Å². The van der Waals surface area contributed by atoms with Gasteiger partial charge in [-0.3, -0.25) is 14.5 Å². The summed E-state index contributed by atoms with van der Waals surface area (Å²) in [5.74, 6) is -0.425. The number of anilines is 1. The number of amides is 2. The summed E-state index contributed by atoms with van der Waals surface area (Å²) in [5, 5.41) is 17.8. The van der Waals surface area contributed by atoms with E-state index in [0.717, 1.165) is 46.8 Å². The van der Waals surface area contributed by atoms with Crippen molar-refractivity contribution in [1.29, 1.82) is 0 Å². The summed E-state index contributed by atoms with van der Waals surface area (Å²) < 4.78 is 0. The molecule has 9 heteroatoms. The van der Waals surface area contributed by atoms with Gasteiger partial charge in [0.2, 0.25) is 11.8 Å². The molecule has 5 N–H and O–H groups in total. The van der Waals surface area contributed by atoms with Gasteiger partial charge in [0.05, 0.1) is 6.54 Å². The minimum Gasteiger partial charge on any atom is -0.480 e. The Morgan fingerprint density at radius 2 is 1.67 bits per heavy atom. The van der Waals surface area contributed by atoms with Gasteiger partial charge < -0.3 is 21.5 Å². The molecule has 2 amide bonds. The molecule has 0 aliphatic heterocycles. The number of hydrogen-bond acceptors (Lipinski definition) is 6. The summed E-state index contributed by atoms with van der Waals surface area (Å²) in [4.78, 5) is 40.0. The van der Waals surface area contributed by atoms with Gasteiger partial charge in [0.1, 0.15) is 6.04 Å². The molecule has 3 aromatic rings. The van der Waals surface area contributed by atoms with Gasteiger partial charge in [-0.15, -0.1) is 0 Å². The van der Waals surface area contributed by atoms with Crippen molar-refractivity contribution in [1.82, 2.24) is 15.5 Å². The van der Waals surface area contributed by atoms with Crippen LogP contribution in [0.1, 0.15) is 50.7 Å². The van der Waals surface area contributed by atoms with Crippen LogP contribution in [0.4, 0.5) is 5.69 Å². The third kappa shape index (κ3) is 11.9. The first-order chi connectivity index (χ1) is 20.6. The van der Waals surface area contributed by atoms with Gasteiger partial charge in [-0.25, -0.2) is 4.79 Å². The number of carboxylic acid groups (broad SMARTS) is 1. The topological polar surface area (TPSA) is 125 Å². The summed E-state index contributed by atoms with van der Waals surface area (Å²) in [5.41, 5.74) is 8.71. The number of nitrogen functional groups attached to an aromatic ring is 1. The Kier molecular flexibility index (Phi) is 13.8. The van der Waals surface area contributed by atoms with Crippen LogP contribution in [0.15, 0.2) is 66.7 Å². The van der Waals surface area contributed by atoms with Crippen LogP contribution >= 0.6 is 11.8 Å². The Bertz CT molecular complexity index is 1330. The van der Waals surface area contributed by atoms with Crippen LogP contribution in [0.25, 0.3) is 10.8 Å². The van der Waals surface area contributed by atoms with Crippen molar-refractivity contribution in [3.05, 3.63) is 77.9 Å². The lowest BCUT2D eigenvalue weighted by atomic mass is 10.0. The standard InChI is InChI=1S/C34H46N4O4S/c1-24(2)20-29(36-32(39)13-6-8-25-14-16-28(35)17-15-25)22-38(23-33(40)37-31(34(41)42)18-19-43-3)21-27-11-7-10-26-9-4-5-12-30(26)27/h4-5,7,9-12,14-17,24,29,31H,6,8,13,18-23,35H2,1-3H3,(H,36,39)(H,37,40)(H,41,42). The lowest BCUT2D eigenvalue weighted by Gasteiger charge is -2.29. The fraction of sp³-hybridized carbons (Fsp3) is 0.441.